The van der Waals surface area contributed by atoms with Crippen LogP contribution in [0, 0.1) is 0 Å². The van der Waals surface area contributed by atoms with Crippen LogP contribution in [0.25, 0.3) is 111 Å². The number of furan rings is 1. The molecule has 11 rings (SSSR count). The summed E-state index contributed by atoms with van der Waals surface area (Å²) in [4.78, 5) is 15.5. The van der Waals surface area contributed by atoms with E-state index in [0.717, 1.165) is 60.5 Å². The number of nitrogens with zero attached hydrogens (tertiary/aromatic N) is 3. The SMILES string of the molecule is c1ccc(-c2nc(-c3ccc(-c4ccccc4-c4c(-c5ccccc5)ccc5ccccc45)c4ccccc34)nc(-c3cccc4c3oc3ccccc34)n2)cc1. The normalized spacial score (nSPS) is 11.5. The zero-order valence-electron chi connectivity index (χ0n) is 30.8. The molecule has 2 heterocycles. The molecular formula is C53H33N3O. The van der Waals surface area contributed by atoms with Crippen LogP contribution in [0.4, 0.5) is 0 Å². The highest BCUT2D eigenvalue weighted by molar-refractivity contribution is 6.12. The molecule has 57 heavy (non-hydrogen) atoms. The molecule has 0 aliphatic heterocycles. The first kappa shape index (κ1) is 32.7. The average molecular weight is 728 g/mol. The lowest BCUT2D eigenvalue weighted by Crippen LogP contribution is -2.01. The molecule has 0 saturated carbocycles. The van der Waals surface area contributed by atoms with Gasteiger partial charge < -0.3 is 4.42 Å². The number of hydrogen-bond acceptors (Lipinski definition) is 4. The molecular weight excluding hydrogens is 695 g/mol. The van der Waals surface area contributed by atoms with Crippen molar-refractivity contribution in [3.05, 3.63) is 200 Å². The van der Waals surface area contributed by atoms with E-state index in [-0.39, 0.29) is 0 Å². The van der Waals surface area contributed by atoms with Crippen LogP contribution in [-0.2, 0) is 0 Å². The predicted octanol–water partition coefficient (Wildman–Crippen LogP) is 14.1. The summed E-state index contributed by atoms with van der Waals surface area (Å²) in [7, 11) is 0. The molecule has 0 atom stereocenters. The molecule has 9 aromatic carbocycles. The first-order chi connectivity index (χ1) is 28.3. The molecule has 0 fully saturated rings. The summed E-state index contributed by atoms with van der Waals surface area (Å²) in [6.45, 7) is 0. The monoisotopic (exact) mass is 727 g/mol. The average Bonchev–Trinajstić information content (AvgIpc) is 3.68. The molecule has 0 aliphatic rings. The Kier molecular flexibility index (Phi) is 7.78. The number of hydrogen-bond donors (Lipinski definition) is 0. The van der Waals surface area contributed by atoms with Gasteiger partial charge in [-0.3, -0.25) is 0 Å². The molecule has 266 valence electrons. The maximum atomic E-state index is 6.47. The van der Waals surface area contributed by atoms with E-state index in [1.54, 1.807) is 0 Å². The molecule has 0 amide bonds. The van der Waals surface area contributed by atoms with E-state index in [2.05, 4.69) is 140 Å². The molecule has 11 aromatic rings. The van der Waals surface area contributed by atoms with E-state index < -0.39 is 0 Å². The first-order valence-corrected chi connectivity index (χ1v) is 19.2. The van der Waals surface area contributed by atoms with Crippen molar-refractivity contribution in [2.24, 2.45) is 0 Å². The highest BCUT2D eigenvalue weighted by Gasteiger charge is 2.21. The minimum atomic E-state index is 0.561. The fourth-order valence-corrected chi connectivity index (χ4v) is 8.34. The van der Waals surface area contributed by atoms with Crippen LogP contribution in [0.2, 0.25) is 0 Å². The Hall–Kier alpha value is -7.69. The fraction of sp³-hybridized carbons (Fsp3) is 0. The standard InChI is InChI=1S/C53H33N3O/c1-3-16-34(17-4-1)38-31-30-35-18-7-8-21-37(35)49(38)44-26-12-11-23-40(44)42-32-33-46(41-24-10-9-22-39(41)42)52-54-51(36-19-5-2-6-20-36)55-53(56-52)47-28-15-27-45-43-25-13-14-29-48(43)57-50(45)47/h1-33H. The molecule has 0 spiro atoms. The van der Waals surface area contributed by atoms with Crippen LogP contribution in [-0.4, -0.2) is 15.0 Å². The first-order valence-electron chi connectivity index (χ1n) is 19.2. The summed E-state index contributed by atoms with van der Waals surface area (Å²) < 4.78 is 6.47. The number of para-hydroxylation sites is 2. The van der Waals surface area contributed by atoms with Crippen molar-refractivity contribution in [1.82, 2.24) is 15.0 Å². The Morgan fingerprint density at radius 3 is 1.60 bits per heavy atom. The van der Waals surface area contributed by atoms with Crippen molar-refractivity contribution in [3.63, 3.8) is 0 Å². The summed E-state index contributed by atoms with van der Waals surface area (Å²) in [5.41, 5.74) is 11.3. The largest absolute Gasteiger partial charge is 0.455 e. The fourth-order valence-electron chi connectivity index (χ4n) is 8.34. The Morgan fingerprint density at radius 1 is 0.281 bits per heavy atom. The van der Waals surface area contributed by atoms with Crippen LogP contribution in [0.15, 0.2) is 205 Å². The van der Waals surface area contributed by atoms with Gasteiger partial charge in [-0.25, -0.2) is 15.0 Å². The molecule has 0 bridgehead atoms. The highest BCUT2D eigenvalue weighted by Crippen LogP contribution is 2.45. The van der Waals surface area contributed by atoms with E-state index in [4.69, 9.17) is 19.4 Å². The summed E-state index contributed by atoms with van der Waals surface area (Å²) in [6.07, 6.45) is 0. The van der Waals surface area contributed by atoms with Gasteiger partial charge in [-0.15, -0.1) is 0 Å². The number of benzene rings is 9. The van der Waals surface area contributed by atoms with Gasteiger partial charge in [0, 0.05) is 21.9 Å². The molecule has 0 unspecified atom stereocenters. The van der Waals surface area contributed by atoms with Crippen LogP contribution >= 0.6 is 0 Å². The van der Waals surface area contributed by atoms with Gasteiger partial charge in [0.05, 0.1) is 5.56 Å². The second kappa shape index (κ2) is 13.6. The molecule has 4 nitrogen and oxygen atoms in total. The second-order valence-corrected chi connectivity index (χ2v) is 14.3. The van der Waals surface area contributed by atoms with Crippen molar-refractivity contribution in [2.45, 2.75) is 0 Å². The van der Waals surface area contributed by atoms with Gasteiger partial charge in [-0.1, -0.05) is 182 Å². The molecule has 0 radical (unpaired) electrons. The van der Waals surface area contributed by atoms with E-state index in [0.29, 0.717) is 17.5 Å². The lowest BCUT2D eigenvalue weighted by Gasteiger charge is -2.19. The van der Waals surface area contributed by atoms with Gasteiger partial charge in [0.2, 0.25) is 0 Å². The molecule has 4 heteroatoms. The van der Waals surface area contributed by atoms with Gasteiger partial charge in [0.1, 0.15) is 11.2 Å². The second-order valence-electron chi connectivity index (χ2n) is 14.3. The Balaban J connectivity index is 1.13. The zero-order chi connectivity index (χ0) is 37.7. The number of aromatic nitrogens is 3. The number of rotatable bonds is 6. The van der Waals surface area contributed by atoms with Gasteiger partial charge >= 0.3 is 0 Å². The number of fused-ring (bicyclic) bond motifs is 5. The maximum Gasteiger partial charge on any atom is 0.167 e. The quantitative estimate of drug-likeness (QED) is 0.171. The molecule has 0 saturated heterocycles. The van der Waals surface area contributed by atoms with E-state index in [1.807, 2.05) is 60.7 Å². The third-order valence-electron chi connectivity index (χ3n) is 11.0. The van der Waals surface area contributed by atoms with Gasteiger partial charge in [0.15, 0.2) is 17.5 Å². The third-order valence-corrected chi connectivity index (χ3v) is 11.0. The van der Waals surface area contributed by atoms with Crippen molar-refractivity contribution >= 4 is 43.5 Å². The Morgan fingerprint density at radius 2 is 0.807 bits per heavy atom. The van der Waals surface area contributed by atoms with Crippen molar-refractivity contribution in [2.75, 3.05) is 0 Å². The summed E-state index contributed by atoms with van der Waals surface area (Å²) >= 11 is 0. The van der Waals surface area contributed by atoms with E-state index in [9.17, 15) is 0 Å². The van der Waals surface area contributed by atoms with Crippen molar-refractivity contribution < 1.29 is 4.42 Å². The maximum absolute atomic E-state index is 6.47. The molecule has 0 N–H and O–H groups in total. The summed E-state index contributed by atoms with van der Waals surface area (Å²) in [5.74, 6) is 1.77. The van der Waals surface area contributed by atoms with Crippen LogP contribution < -0.4 is 0 Å². The smallest absolute Gasteiger partial charge is 0.167 e. The Labute approximate surface area is 329 Å². The third kappa shape index (κ3) is 5.58. The Bertz CT molecular complexity index is 3300. The summed E-state index contributed by atoms with van der Waals surface area (Å²) in [5, 5.41) is 6.70. The molecule has 0 aliphatic carbocycles. The van der Waals surface area contributed by atoms with E-state index in [1.165, 1.54) is 33.0 Å². The van der Waals surface area contributed by atoms with Crippen LogP contribution in [0.1, 0.15) is 0 Å². The summed E-state index contributed by atoms with van der Waals surface area (Å²) in [6, 6.07) is 70.1. The zero-order valence-corrected chi connectivity index (χ0v) is 30.8. The van der Waals surface area contributed by atoms with Gasteiger partial charge in [-0.05, 0) is 73.1 Å². The van der Waals surface area contributed by atoms with Crippen molar-refractivity contribution in [3.8, 4) is 67.5 Å². The van der Waals surface area contributed by atoms with Gasteiger partial charge in [-0.2, -0.15) is 0 Å². The minimum absolute atomic E-state index is 0.561. The van der Waals surface area contributed by atoms with Crippen LogP contribution in [0.5, 0.6) is 0 Å². The lowest BCUT2D eigenvalue weighted by molar-refractivity contribution is 0.669. The molecule has 2 aromatic heterocycles. The van der Waals surface area contributed by atoms with Gasteiger partial charge in [0.25, 0.3) is 0 Å². The lowest BCUT2D eigenvalue weighted by atomic mass is 9.84. The van der Waals surface area contributed by atoms with E-state index >= 15 is 0 Å². The van der Waals surface area contributed by atoms with Crippen LogP contribution in [0.3, 0.4) is 0 Å². The topological polar surface area (TPSA) is 51.8 Å². The minimum Gasteiger partial charge on any atom is -0.455 e. The predicted molar refractivity (Wildman–Crippen MR) is 235 cm³/mol. The van der Waals surface area contributed by atoms with Crippen molar-refractivity contribution in [1.29, 1.82) is 0 Å². The highest BCUT2D eigenvalue weighted by atomic mass is 16.3.